The van der Waals surface area contributed by atoms with Crippen molar-refractivity contribution in [1.29, 1.82) is 0 Å². The summed E-state index contributed by atoms with van der Waals surface area (Å²) in [5, 5.41) is 3.08. The lowest BCUT2D eigenvalue weighted by atomic mass is 9.84. The van der Waals surface area contributed by atoms with Gasteiger partial charge in [-0.15, -0.1) is 0 Å². The number of carbonyl (C=O) groups excluding carboxylic acids is 1. The number of benzene rings is 1. The molecule has 5 nitrogen and oxygen atoms in total. The molecule has 1 amide bonds. The number of rotatable bonds is 6. The van der Waals surface area contributed by atoms with Crippen LogP contribution in [0, 0.1) is 5.92 Å². The zero-order chi connectivity index (χ0) is 15.9. The first-order valence-corrected chi connectivity index (χ1v) is 7.92. The Morgan fingerprint density at radius 2 is 1.91 bits per heavy atom. The summed E-state index contributed by atoms with van der Waals surface area (Å²) in [7, 11) is 3.13. The first kappa shape index (κ1) is 16.6. The topological polar surface area (TPSA) is 73.6 Å². The average molecular weight is 306 g/mol. The van der Waals surface area contributed by atoms with E-state index >= 15 is 0 Å². The summed E-state index contributed by atoms with van der Waals surface area (Å²) in [5.74, 6) is 1.55. The highest BCUT2D eigenvalue weighted by atomic mass is 16.5. The van der Waals surface area contributed by atoms with Crippen molar-refractivity contribution < 1.29 is 14.3 Å². The van der Waals surface area contributed by atoms with Crippen LogP contribution < -0.4 is 20.5 Å². The second kappa shape index (κ2) is 8.03. The molecule has 1 fully saturated rings. The largest absolute Gasteiger partial charge is 0.493 e. The van der Waals surface area contributed by atoms with Gasteiger partial charge in [-0.1, -0.05) is 19.3 Å². The van der Waals surface area contributed by atoms with Crippen molar-refractivity contribution in [3.05, 3.63) is 23.8 Å². The van der Waals surface area contributed by atoms with Crippen LogP contribution in [0.3, 0.4) is 0 Å². The molecule has 1 aromatic rings. The van der Waals surface area contributed by atoms with Crippen LogP contribution in [0.2, 0.25) is 0 Å². The fourth-order valence-electron chi connectivity index (χ4n) is 3.13. The van der Waals surface area contributed by atoms with Crippen LogP contribution >= 0.6 is 0 Å². The van der Waals surface area contributed by atoms with Gasteiger partial charge in [-0.2, -0.15) is 0 Å². The number of amides is 1. The number of carbonyl (C=O) groups is 1. The molecular formula is C17H26N2O3. The lowest BCUT2D eigenvalue weighted by Gasteiger charge is -2.30. The Morgan fingerprint density at radius 3 is 2.50 bits per heavy atom. The van der Waals surface area contributed by atoms with Crippen LogP contribution in [0.4, 0.5) is 0 Å². The molecular weight excluding hydrogens is 280 g/mol. The molecule has 0 spiro atoms. The van der Waals surface area contributed by atoms with E-state index in [2.05, 4.69) is 5.32 Å². The summed E-state index contributed by atoms with van der Waals surface area (Å²) >= 11 is 0. The molecule has 0 heterocycles. The molecule has 1 saturated carbocycles. The van der Waals surface area contributed by atoms with E-state index < -0.39 is 0 Å². The summed E-state index contributed by atoms with van der Waals surface area (Å²) in [6, 6.07) is 5.22. The van der Waals surface area contributed by atoms with E-state index in [9.17, 15) is 4.79 Å². The van der Waals surface area contributed by atoms with Crippen LogP contribution in [-0.2, 0) is 0 Å². The molecule has 2 rings (SSSR count). The molecule has 0 bridgehead atoms. The average Bonchev–Trinajstić information content (AvgIpc) is 2.59. The summed E-state index contributed by atoms with van der Waals surface area (Å²) in [6.45, 7) is 0.476. The lowest BCUT2D eigenvalue weighted by Crippen LogP contribution is -2.45. The summed E-state index contributed by atoms with van der Waals surface area (Å²) in [6.07, 6.45) is 6.04. The number of hydrogen-bond acceptors (Lipinski definition) is 4. The maximum Gasteiger partial charge on any atom is 0.251 e. The lowest BCUT2D eigenvalue weighted by molar-refractivity contribution is 0.0915. The predicted molar refractivity (Wildman–Crippen MR) is 86.4 cm³/mol. The van der Waals surface area contributed by atoms with Gasteiger partial charge in [-0.3, -0.25) is 4.79 Å². The van der Waals surface area contributed by atoms with Gasteiger partial charge in [0.1, 0.15) is 0 Å². The summed E-state index contributed by atoms with van der Waals surface area (Å²) in [5.41, 5.74) is 6.43. The monoisotopic (exact) mass is 306 g/mol. The van der Waals surface area contributed by atoms with E-state index in [0.29, 0.717) is 29.5 Å². The molecule has 1 aliphatic carbocycles. The minimum Gasteiger partial charge on any atom is -0.493 e. The zero-order valence-electron chi connectivity index (χ0n) is 13.4. The van der Waals surface area contributed by atoms with Gasteiger partial charge in [0.05, 0.1) is 14.2 Å². The Bertz CT molecular complexity index is 499. The molecule has 0 aromatic heterocycles. The zero-order valence-corrected chi connectivity index (χ0v) is 13.4. The van der Waals surface area contributed by atoms with Gasteiger partial charge in [0.25, 0.3) is 5.91 Å². The van der Waals surface area contributed by atoms with Gasteiger partial charge in [-0.25, -0.2) is 0 Å². The smallest absolute Gasteiger partial charge is 0.251 e. The third-order valence-electron chi connectivity index (χ3n) is 4.44. The maximum atomic E-state index is 12.5. The van der Waals surface area contributed by atoms with E-state index in [1.54, 1.807) is 32.4 Å². The van der Waals surface area contributed by atoms with E-state index in [1.165, 1.54) is 19.3 Å². The Morgan fingerprint density at radius 1 is 1.23 bits per heavy atom. The van der Waals surface area contributed by atoms with Crippen molar-refractivity contribution in [3.8, 4) is 11.5 Å². The van der Waals surface area contributed by atoms with Gasteiger partial charge in [0.15, 0.2) is 11.5 Å². The molecule has 0 radical (unpaired) electrons. The molecule has 1 atom stereocenters. The number of hydrogen-bond donors (Lipinski definition) is 2. The molecule has 1 unspecified atom stereocenters. The molecule has 0 saturated heterocycles. The normalized spacial score (nSPS) is 16.9. The van der Waals surface area contributed by atoms with Crippen LogP contribution in [0.5, 0.6) is 11.5 Å². The highest BCUT2D eigenvalue weighted by Gasteiger charge is 2.24. The number of methoxy groups -OCH3 is 2. The van der Waals surface area contributed by atoms with E-state index in [0.717, 1.165) is 12.8 Å². The van der Waals surface area contributed by atoms with Crippen molar-refractivity contribution in [2.24, 2.45) is 11.7 Å². The Hall–Kier alpha value is -1.75. The van der Waals surface area contributed by atoms with Crippen molar-refractivity contribution >= 4 is 5.91 Å². The second-order valence-electron chi connectivity index (χ2n) is 5.78. The molecule has 22 heavy (non-hydrogen) atoms. The van der Waals surface area contributed by atoms with Crippen molar-refractivity contribution in [3.63, 3.8) is 0 Å². The first-order valence-electron chi connectivity index (χ1n) is 7.92. The van der Waals surface area contributed by atoms with Crippen molar-refractivity contribution in [1.82, 2.24) is 5.32 Å². The first-order chi connectivity index (χ1) is 10.7. The molecule has 0 aliphatic heterocycles. The molecule has 3 N–H and O–H groups in total. The van der Waals surface area contributed by atoms with Crippen molar-refractivity contribution in [2.45, 2.75) is 38.1 Å². The van der Waals surface area contributed by atoms with Gasteiger partial charge in [0.2, 0.25) is 0 Å². The molecule has 5 heteroatoms. The Labute approximate surface area is 132 Å². The number of nitrogens with one attached hydrogen (secondary N) is 1. The quantitative estimate of drug-likeness (QED) is 0.846. The summed E-state index contributed by atoms with van der Waals surface area (Å²) < 4.78 is 10.4. The Kier molecular flexibility index (Phi) is 6.07. The third-order valence-corrected chi connectivity index (χ3v) is 4.44. The SMILES string of the molecule is COc1ccc(C(=O)NC(CN)C2CCCCC2)cc1OC. The predicted octanol–water partition coefficient (Wildman–Crippen LogP) is 2.34. The van der Waals surface area contributed by atoms with E-state index in [4.69, 9.17) is 15.2 Å². The minimum atomic E-state index is -0.109. The van der Waals surface area contributed by atoms with Gasteiger partial charge in [0, 0.05) is 18.2 Å². The van der Waals surface area contributed by atoms with Crippen LogP contribution in [-0.4, -0.2) is 32.7 Å². The molecule has 1 aromatic carbocycles. The molecule has 1 aliphatic rings. The van der Waals surface area contributed by atoms with Crippen LogP contribution in [0.25, 0.3) is 0 Å². The molecule has 122 valence electrons. The minimum absolute atomic E-state index is 0.0425. The van der Waals surface area contributed by atoms with Gasteiger partial charge >= 0.3 is 0 Å². The van der Waals surface area contributed by atoms with Crippen LogP contribution in [0.1, 0.15) is 42.5 Å². The highest BCUT2D eigenvalue weighted by Crippen LogP contribution is 2.28. The summed E-state index contributed by atoms with van der Waals surface area (Å²) in [4.78, 5) is 12.5. The second-order valence-corrected chi connectivity index (χ2v) is 5.78. The highest BCUT2D eigenvalue weighted by molar-refractivity contribution is 5.95. The fraction of sp³-hybridized carbons (Fsp3) is 0.588. The Balaban J connectivity index is 2.06. The maximum absolute atomic E-state index is 12.5. The number of ether oxygens (including phenoxy) is 2. The van der Waals surface area contributed by atoms with Crippen LogP contribution in [0.15, 0.2) is 18.2 Å². The van der Waals surface area contributed by atoms with Gasteiger partial charge < -0.3 is 20.5 Å². The van der Waals surface area contributed by atoms with Gasteiger partial charge in [-0.05, 0) is 37.0 Å². The van der Waals surface area contributed by atoms with E-state index in [1.807, 2.05) is 0 Å². The standard InChI is InChI=1S/C17H26N2O3/c1-21-15-9-8-13(10-16(15)22-2)17(20)19-14(11-18)12-6-4-3-5-7-12/h8-10,12,14H,3-7,11,18H2,1-2H3,(H,19,20). The van der Waals surface area contributed by atoms with E-state index in [-0.39, 0.29) is 11.9 Å². The third kappa shape index (κ3) is 3.91. The number of nitrogens with two attached hydrogens (primary N) is 1. The fourth-order valence-corrected chi connectivity index (χ4v) is 3.13. The van der Waals surface area contributed by atoms with Crippen molar-refractivity contribution in [2.75, 3.05) is 20.8 Å².